The Morgan fingerprint density at radius 2 is 1.97 bits per heavy atom. The van der Waals surface area contributed by atoms with E-state index in [0.717, 1.165) is 49.3 Å². The van der Waals surface area contributed by atoms with Crippen molar-refractivity contribution in [2.24, 2.45) is 0 Å². The average Bonchev–Trinajstić information content (AvgIpc) is 3.29. The smallest absolute Gasteiger partial charge is 0.237 e. The summed E-state index contributed by atoms with van der Waals surface area (Å²) in [7, 11) is 3.21. The van der Waals surface area contributed by atoms with Crippen LogP contribution in [0.1, 0.15) is 43.4 Å². The second-order valence-corrected chi connectivity index (χ2v) is 8.50. The molecule has 1 unspecified atom stereocenters. The largest absolute Gasteiger partial charge is 0.493 e. The van der Waals surface area contributed by atoms with Gasteiger partial charge in [-0.3, -0.25) is 9.36 Å². The van der Waals surface area contributed by atoms with E-state index in [1.54, 1.807) is 31.3 Å². The predicted molar refractivity (Wildman–Crippen MR) is 130 cm³/mol. The number of carbonyl (C=O) groups excluding carboxylic acids is 1. The Morgan fingerprint density at radius 3 is 2.74 bits per heavy atom. The first-order valence-corrected chi connectivity index (χ1v) is 11.7. The molecule has 0 radical (unpaired) electrons. The zero-order chi connectivity index (χ0) is 23.9. The first-order chi connectivity index (χ1) is 16.6. The SMILES string of the molecule is COc1ccc(CNC(=O)CC2CCCCCN2c2cc(C)nc(-n3ccnc3)n2)cc1OC. The van der Waals surface area contributed by atoms with Gasteiger partial charge in [0.15, 0.2) is 11.5 Å². The van der Waals surface area contributed by atoms with Crippen LogP contribution in [-0.4, -0.2) is 52.2 Å². The minimum atomic E-state index is 0.0206. The number of rotatable bonds is 8. The van der Waals surface area contributed by atoms with Crippen molar-refractivity contribution >= 4 is 11.7 Å². The van der Waals surface area contributed by atoms with Crippen LogP contribution in [0.4, 0.5) is 5.82 Å². The fraction of sp³-hybridized carbons (Fsp3) is 0.440. The summed E-state index contributed by atoms with van der Waals surface area (Å²) in [5.41, 5.74) is 1.84. The lowest BCUT2D eigenvalue weighted by molar-refractivity contribution is -0.121. The molecule has 0 spiro atoms. The molecule has 1 aliphatic rings. The minimum absolute atomic E-state index is 0.0206. The molecule has 1 fully saturated rings. The van der Waals surface area contributed by atoms with E-state index in [0.29, 0.717) is 30.4 Å². The van der Waals surface area contributed by atoms with Gasteiger partial charge in [0.2, 0.25) is 11.9 Å². The Hall–Kier alpha value is -3.62. The van der Waals surface area contributed by atoms with Crippen molar-refractivity contribution in [2.75, 3.05) is 25.7 Å². The number of nitrogens with zero attached hydrogens (tertiary/aromatic N) is 5. The number of ether oxygens (including phenoxy) is 2. The molecule has 1 aliphatic heterocycles. The van der Waals surface area contributed by atoms with Crippen LogP contribution < -0.4 is 19.7 Å². The highest BCUT2D eigenvalue weighted by Gasteiger charge is 2.25. The van der Waals surface area contributed by atoms with Crippen LogP contribution in [0.15, 0.2) is 43.0 Å². The van der Waals surface area contributed by atoms with Gasteiger partial charge in [-0.15, -0.1) is 0 Å². The van der Waals surface area contributed by atoms with E-state index < -0.39 is 0 Å². The van der Waals surface area contributed by atoms with E-state index in [2.05, 4.69) is 20.2 Å². The quantitative estimate of drug-likeness (QED) is 0.546. The molecule has 1 aromatic carbocycles. The number of aromatic nitrogens is 4. The lowest BCUT2D eigenvalue weighted by atomic mass is 10.1. The lowest BCUT2D eigenvalue weighted by Gasteiger charge is -2.31. The van der Waals surface area contributed by atoms with Crippen molar-refractivity contribution in [1.82, 2.24) is 24.8 Å². The summed E-state index contributed by atoms with van der Waals surface area (Å²) >= 11 is 0. The highest BCUT2D eigenvalue weighted by atomic mass is 16.5. The molecular formula is C25H32N6O3. The topological polar surface area (TPSA) is 94.4 Å². The monoisotopic (exact) mass is 464 g/mol. The van der Waals surface area contributed by atoms with E-state index in [-0.39, 0.29) is 11.9 Å². The average molecular weight is 465 g/mol. The summed E-state index contributed by atoms with van der Waals surface area (Å²) in [5, 5.41) is 3.07. The van der Waals surface area contributed by atoms with Crippen molar-refractivity contribution in [1.29, 1.82) is 0 Å². The summed E-state index contributed by atoms with van der Waals surface area (Å²) in [6.07, 6.45) is 9.93. The molecule has 1 atom stereocenters. The van der Waals surface area contributed by atoms with Gasteiger partial charge in [-0.05, 0) is 37.5 Å². The van der Waals surface area contributed by atoms with Gasteiger partial charge < -0.3 is 19.7 Å². The van der Waals surface area contributed by atoms with E-state index in [9.17, 15) is 4.79 Å². The van der Waals surface area contributed by atoms with Gasteiger partial charge in [0.1, 0.15) is 12.1 Å². The number of imidazole rings is 1. The van der Waals surface area contributed by atoms with Gasteiger partial charge in [-0.1, -0.05) is 18.9 Å². The van der Waals surface area contributed by atoms with Crippen LogP contribution in [0.25, 0.3) is 5.95 Å². The summed E-state index contributed by atoms with van der Waals surface area (Å²) in [4.78, 5) is 28.7. The number of anilines is 1. The second-order valence-electron chi connectivity index (χ2n) is 8.50. The Morgan fingerprint density at radius 1 is 1.12 bits per heavy atom. The Balaban J connectivity index is 1.46. The maximum atomic E-state index is 12.9. The van der Waals surface area contributed by atoms with Crippen LogP contribution in [-0.2, 0) is 11.3 Å². The van der Waals surface area contributed by atoms with Crippen LogP contribution in [0.3, 0.4) is 0 Å². The highest BCUT2D eigenvalue weighted by Crippen LogP contribution is 2.28. The van der Waals surface area contributed by atoms with Crippen molar-refractivity contribution in [2.45, 2.75) is 51.6 Å². The first kappa shape index (κ1) is 23.5. The highest BCUT2D eigenvalue weighted by molar-refractivity contribution is 5.77. The van der Waals surface area contributed by atoms with Gasteiger partial charge in [0.05, 0.1) is 14.2 Å². The third-order valence-corrected chi connectivity index (χ3v) is 6.09. The molecule has 3 aromatic rings. The maximum Gasteiger partial charge on any atom is 0.237 e. The molecule has 9 heteroatoms. The number of amides is 1. The number of carbonyl (C=O) groups is 1. The van der Waals surface area contributed by atoms with E-state index in [1.807, 2.05) is 37.4 Å². The zero-order valence-electron chi connectivity index (χ0n) is 20.0. The number of nitrogens with one attached hydrogen (secondary N) is 1. The molecule has 1 amide bonds. The van der Waals surface area contributed by atoms with Crippen molar-refractivity contribution in [3.05, 3.63) is 54.2 Å². The first-order valence-electron chi connectivity index (χ1n) is 11.7. The summed E-state index contributed by atoms with van der Waals surface area (Å²) in [6.45, 7) is 3.27. The molecule has 0 bridgehead atoms. The molecule has 3 heterocycles. The standard InChI is InChI=1S/C25H32N6O3/c1-18-13-23(29-25(28-18)30-12-10-26-17-30)31-11-6-4-5-7-20(31)15-24(32)27-16-19-8-9-21(33-2)22(14-19)34-3/h8-10,12-14,17,20H,4-7,11,15-16H2,1-3H3,(H,27,32). The Kier molecular flexibility index (Phi) is 7.61. The van der Waals surface area contributed by atoms with Gasteiger partial charge in [0, 0.05) is 49.7 Å². The number of aryl methyl sites for hydroxylation is 1. The molecule has 9 nitrogen and oxygen atoms in total. The zero-order valence-corrected chi connectivity index (χ0v) is 20.0. The van der Waals surface area contributed by atoms with Crippen LogP contribution in [0, 0.1) is 6.92 Å². The predicted octanol–water partition coefficient (Wildman–Crippen LogP) is 3.44. The molecule has 1 N–H and O–H groups in total. The normalized spacial score (nSPS) is 16.1. The van der Waals surface area contributed by atoms with Crippen LogP contribution in [0.2, 0.25) is 0 Å². The summed E-state index contributed by atoms with van der Waals surface area (Å²) in [6, 6.07) is 7.75. The maximum absolute atomic E-state index is 12.9. The molecule has 34 heavy (non-hydrogen) atoms. The van der Waals surface area contributed by atoms with Crippen molar-refractivity contribution < 1.29 is 14.3 Å². The van der Waals surface area contributed by atoms with E-state index in [4.69, 9.17) is 14.5 Å². The molecule has 4 rings (SSSR count). The van der Waals surface area contributed by atoms with Gasteiger partial charge in [0.25, 0.3) is 0 Å². The Labute approximate surface area is 200 Å². The summed E-state index contributed by atoms with van der Waals surface area (Å²) in [5.74, 6) is 2.79. The van der Waals surface area contributed by atoms with Crippen LogP contribution >= 0.6 is 0 Å². The number of methoxy groups -OCH3 is 2. The van der Waals surface area contributed by atoms with Gasteiger partial charge in [-0.2, -0.15) is 4.98 Å². The molecule has 2 aromatic heterocycles. The van der Waals surface area contributed by atoms with Crippen molar-refractivity contribution in [3.8, 4) is 17.4 Å². The Bertz CT molecular complexity index is 1100. The van der Waals surface area contributed by atoms with E-state index in [1.165, 1.54) is 0 Å². The van der Waals surface area contributed by atoms with Crippen LogP contribution in [0.5, 0.6) is 11.5 Å². The number of hydrogen-bond donors (Lipinski definition) is 1. The third-order valence-electron chi connectivity index (χ3n) is 6.09. The van der Waals surface area contributed by atoms with Crippen molar-refractivity contribution in [3.63, 3.8) is 0 Å². The fourth-order valence-electron chi connectivity index (χ4n) is 4.35. The molecule has 180 valence electrons. The molecule has 0 saturated carbocycles. The molecule has 0 aliphatic carbocycles. The minimum Gasteiger partial charge on any atom is -0.493 e. The van der Waals surface area contributed by atoms with Gasteiger partial charge >= 0.3 is 0 Å². The molecule has 1 saturated heterocycles. The lowest BCUT2D eigenvalue weighted by Crippen LogP contribution is -2.40. The fourth-order valence-corrected chi connectivity index (χ4v) is 4.35. The number of hydrogen-bond acceptors (Lipinski definition) is 7. The summed E-state index contributed by atoms with van der Waals surface area (Å²) < 4.78 is 12.5. The second kappa shape index (κ2) is 11.0. The molecular weight excluding hydrogens is 432 g/mol. The van der Waals surface area contributed by atoms with Gasteiger partial charge in [-0.25, -0.2) is 9.97 Å². The van der Waals surface area contributed by atoms with E-state index >= 15 is 0 Å². The third kappa shape index (κ3) is 5.65. The number of benzene rings is 1.